The zero-order chi connectivity index (χ0) is 10.7. The largest absolute Gasteiger partial charge is 0.388 e. The van der Waals surface area contributed by atoms with Crippen LogP contribution in [0.3, 0.4) is 0 Å². The number of hydrogen-bond acceptors (Lipinski definition) is 2. The molecule has 4 heteroatoms. The molecule has 14 heavy (non-hydrogen) atoms. The first-order valence-corrected chi connectivity index (χ1v) is 4.77. The smallest absolute Gasteiger partial charge is 0.127 e. The van der Waals surface area contributed by atoms with E-state index in [2.05, 4.69) is 0 Å². The minimum Gasteiger partial charge on any atom is -0.388 e. The zero-order valence-electron chi connectivity index (χ0n) is 7.93. The molecular weight excluding hydrogens is 205 g/mol. The van der Waals surface area contributed by atoms with E-state index in [9.17, 15) is 9.50 Å². The van der Waals surface area contributed by atoms with E-state index in [4.69, 9.17) is 17.3 Å². The fourth-order valence-corrected chi connectivity index (χ4v) is 1.40. The van der Waals surface area contributed by atoms with Crippen molar-refractivity contribution in [1.29, 1.82) is 0 Å². The van der Waals surface area contributed by atoms with Gasteiger partial charge in [-0.25, -0.2) is 4.39 Å². The molecule has 0 amide bonds. The van der Waals surface area contributed by atoms with Gasteiger partial charge in [0.15, 0.2) is 0 Å². The molecule has 0 aliphatic heterocycles. The molecule has 1 rings (SSSR count). The summed E-state index contributed by atoms with van der Waals surface area (Å²) in [5, 5.41) is 9.88. The topological polar surface area (TPSA) is 46.2 Å². The molecule has 0 aliphatic rings. The highest BCUT2D eigenvalue weighted by molar-refractivity contribution is 6.31. The Bertz CT molecular complexity index is 307. The van der Waals surface area contributed by atoms with E-state index in [0.29, 0.717) is 29.1 Å². The molecule has 0 bridgehead atoms. The quantitative estimate of drug-likeness (QED) is 0.815. The third-order valence-corrected chi connectivity index (χ3v) is 2.52. The van der Waals surface area contributed by atoms with Crippen LogP contribution >= 0.6 is 11.6 Å². The first kappa shape index (κ1) is 11.4. The van der Waals surface area contributed by atoms with Crippen molar-refractivity contribution in [2.75, 3.05) is 6.54 Å². The molecular formula is C10H13ClFNO. The van der Waals surface area contributed by atoms with Crippen molar-refractivity contribution in [2.45, 2.75) is 19.4 Å². The lowest BCUT2D eigenvalue weighted by molar-refractivity contribution is 0.170. The van der Waals surface area contributed by atoms with Gasteiger partial charge in [-0.3, -0.25) is 0 Å². The first-order valence-electron chi connectivity index (χ1n) is 4.40. The SMILES string of the molecule is Cc1c(F)cc(C(O)CCN)cc1Cl. The number of benzene rings is 1. The van der Waals surface area contributed by atoms with Gasteiger partial charge in [-0.05, 0) is 37.6 Å². The fraction of sp³-hybridized carbons (Fsp3) is 0.400. The van der Waals surface area contributed by atoms with Crippen LogP contribution in [0.5, 0.6) is 0 Å². The molecule has 2 nitrogen and oxygen atoms in total. The molecule has 1 aromatic carbocycles. The van der Waals surface area contributed by atoms with Gasteiger partial charge in [-0.1, -0.05) is 11.6 Å². The lowest BCUT2D eigenvalue weighted by Gasteiger charge is -2.11. The summed E-state index contributed by atoms with van der Waals surface area (Å²) in [6.45, 7) is 1.95. The van der Waals surface area contributed by atoms with E-state index >= 15 is 0 Å². The third-order valence-electron chi connectivity index (χ3n) is 2.13. The first-order chi connectivity index (χ1) is 6.56. The van der Waals surface area contributed by atoms with Crippen LogP contribution in [0.1, 0.15) is 23.7 Å². The standard InChI is InChI=1S/C10H13ClFNO/c1-6-8(11)4-7(5-9(6)12)10(14)2-3-13/h4-5,10,14H,2-3,13H2,1H3. The second-order valence-electron chi connectivity index (χ2n) is 3.20. The Kier molecular flexibility index (Phi) is 3.86. The van der Waals surface area contributed by atoms with Crippen molar-refractivity contribution >= 4 is 11.6 Å². The summed E-state index contributed by atoms with van der Waals surface area (Å²) in [5.74, 6) is -0.399. The van der Waals surface area contributed by atoms with E-state index in [1.54, 1.807) is 13.0 Å². The highest BCUT2D eigenvalue weighted by Crippen LogP contribution is 2.25. The minimum absolute atomic E-state index is 0.330. The van der Waals surface area contributed by atoms with Crippen LogP contribution in [0, 0.1) is 12.7 Å². The second kappa shape index (κ2) is 4.73. The average molecular weight is 218 g/mol. The van der Waals surface area contributed by atoms with E-state index < -0.39 is 11.9 Å². The van der Waals surface area contributed by atoms with Crippen molar-refractivity contribution in [1.82, 2.24) is 0 Å². The number of aliphatic hydroxyl groups excluding tert-OH is 1. The highest BCUT2D eigenvalue weighted by Gasteiger charge is 2.11. The summed E-state index contributed by atoms with van der Waals surface area (Å²) >= 11 is 5.78. The van der Waals surface area contributed by atoms with Gasteiger partial charge >= 0.3 is 0 Å². The number of hydrogen-bond donors (Lipinski definition) is 2. The summed E-state index contributed by atoms with van der Waals surface area (Å²) in [4.78, 5) is 0. The van der Waals surface area contributed by atoms with Crippen molar-refractivity contribution in [2.24, 2.45) is 5.73 Å². The maximum absolute atomic E-state index is 13.2. The predicted molar refractivity (Wildman–Crippen MR) is 54.8 cm³/mol. The Morgan fingerprint density at radius 3 is 2.71 bits per heavy atom. The lowest BCUT2D eigenvalue weighted by atomic mass is 10.0. The number of aliphatic hydroxyl groups is 1. The molecule has 0 aliphatic carbocycles. The molecule has 78 valence electrons. The van der Waals surface area contributed by atoms with Crippen LogP contribution < -0.4 is 5.73 Å². The molecule has 0 heterocycles. The number of rotatable bonds is 3. The summed E-state index contributed by atoms with van der Waals surface area (Å²) in [6.07, 6.45) is -0.341. The Labute approximate surface area is 87.5 Å². The van der Waals surface area contributed by atoms with Crippen LogP contribution in [0.2, 0.25) is 5.02 Å². The van der Waals surface area contributed by atoms with Gasteiger partial charge in [-0.2, -0.15) is 0 Å². The predicted octanol–water partition coefficient (Wildman–Crippen LogP) is 2.17. The monoisotopic (exact) mass is 217 g/mol. The molecule has 0 fully saturated rings. The summed E-state index contributed by atoms with van der Waals surface area (Å²) < 4.78 is 13.2. The van der Waals surface area contributed by atoms with Gasteiger partial charge in [0.1, 0.15) is 5.82 Å². The molecule has 3 N–H and O–H groups in total. The van der Waals surface area contributed by atoms with Crippen LogP contribution in [0.4, 0.5) is 4.39 Å². The molecule has 1 atom stereocenters. The minimum atomic E-state index is -0.743. The summed E-state index contributed by atoms with van der Waals surface area (Å²) in [6, 6.07) is 2.86. The van der Waals surface area contributed by atoms with E-state index in [1.807, 2.05) is 0 Å². The van der Waals surface area contributed by atoms with E-state index in [-0.39, 0.29) is 0 Å². The molecule has 0 saturated carbocycles. The van der Waals surface area contributed by atoms with Crippen LogP contribution in [-0.2, 0) is 0 Å². The Morgan fingerprint density at radius 1 is 1.57 bits per heavy atom. The van der Waals surface area contributed by atoms with Gasteiger partial charge in [0.2, 0.25) is 0 Å². The lowest BCUT2D eigenvalue weighted by Crippen LogP contribution is -2.07. The summed E-state index contributed by atoms with van der Waals surface area (Å²) in [5.41, 5.74) is 6.16. The Morgan fingerprint density at radius 2 is 2.21 bits per heavy atom. The van der Waals surface area contributed by atoms with Gasteiger partial charge in [0.05, 0.1) is 6.10 Å². The molecule has 1 aromatic rings. The normalized spacial score (nSPS) is 12.9. The van der Waals surface area contributed by atoms with Crippen molar-refractivity contribution in [3.63, 3.8) is 0 Å². The highest BCUT2D eigenvalue weighted by atomic mass is 35.5. The van der Waals surface area contributed by atoms with Crippen LogP contribution in [0.25, 0.3) is 0 Å². The van der Waals surface area contributed by atoms with Gasteiger partial charge in [0.25, 0.3) is 0 Å². The third kappa shape index (κ3) is 2.44. The molecule has 0 radical (unpaired) electrons. The number of nitrogens with two attached hydrogens (primary N) is 1. The zero-order valence-corrected chi connectivity index (χ0v) is 8.68. The van der Waals surface area contributed by atoms with E-state index in [1.165, 1.54) is 6.07 Å². The summed E-state index contributed by atoms with van der Waals surface area (Å²) in [7, 11) is 0. The van der Waals surface area contributed by atoms with Gasteiger partial charge in [-0.15, -0.1) is 0 Å². The van der Waals surface area contributed by atoms with Crippen LogP contribution in [-0.4, -0.2) is 11.7 Å². The Balaban J connectivity index is 3.00. The maximum atomic E-state index is 13.2. The molecule has 0 aromatic heterocycles. The average Bonchev–Trinajstić information content (AvgIpc) is 2.13. The van der Waals surface area contributed by atoms with Gasteiger partial charge < -0.3 is 10.8 Å². The van der Waals surface area contributed by atoms with Gasteiger partial charge in [0, 0.05) is 10.6 Å². The molecule has 0 saturated heterocycles. The Hall–Kier alpha value is -0.640. The molecule has 1 unspecified atom stereocenters. The van der Waals surface area contributed by atoms with E-state index in [0.717, 1.165) is 0 Å². The second-order valence-corrected chi connectivity index (χ2v) is 3.61. The van der Waals surface area contributed by atoms with Crippen molar-refractivity contribution in [3.05, 3.63) is 34.1 Å². The van der Waals surface area contributed by atoms with Crippen LogP contribution in [0.15, 0.2) is 12.1 Å². The fourth-order valence-electron chi connectivity index (χ4n) is 1.18. The molecule has 0 spiro atoms. The van der Waals surface area contributed by atoms with Crippen molar-refractivity contribution < 1.29 is 9.50 Å². The van der Waals surface area contributed by atoms with Crippen molar-refractivity contribution in [3.8, 4) is 0 Å². The maximum Gasteiger partial charge on any atom is 0.127 e. The number of halogens is 2.